The van der Waals surface area contributed by atoms with Crippen molar-refractivity contribution < 1.29 is 23.8 Å². The van der Waals surface area contributed by atoms with Crippen molar-refractivity contribution in [2.75, 3.05) is 13.2 Å². The summed E-state index contributed by atoms with van der Waals surface area (Å²) in [6.07, 6.45) is -0.534. The summed E-state index contributed by atoms with van der Waals surface area (Å²) in [7, 11) is 0. The molecule has 0 radical (unpaired) electrons. The van der Waals surface area contributed by atoms with Gasteiger partial charge in [0.1, 0.15) is 22.6 Å². The minimum atomic E-state index is -0.601. The molecule has 0 saturated heterocycles. The number of alkyl carbamates (subject to hydrolysis) is 1. The van der Waals surface area contributed by atoms with Crippen LogP contribution in [0.3, 0.4) is 0 Å². The number of nitrogens with zero attached hydrogens (tertiary/aromatic N) is 2. The molecule has 0 atom stereocenters. The number of carbonyl (C=O) groups is 2. The molecule has 1 heterocycles. The minimum absolute atomic E-state index is 0.222. The highest BCUT2D eigenvalue weighted by atomic mass is 79.9. The summed E-state index contributed by atoms with van der Waals surface area (Å²) in [4.78, 5) is 24.9. The zero-order valence-corrected chi connectivity index (χ0v) is 24.4. The van der Waals surface area contributed by atoms with Crippen LogP contribution < -0.4 is 10.1 Å². The molecule has 0 aliphatic heterocycles. The van der Waals surface area contributed by atoms with Crippen molar-refractivity contribution in [2.24, 2.45) is 0 Å². The van der Waals surface area contributed by atoms with Crippen molar-refractivity contribution in [2.45, 2.75) is 66.2 Å². The largest absolute Gasteiger partial charge is 0.489 e. The second-order valence-electron chi connectivity index (χ2n) is 10.1. The van der Waals surface area contributed by atoms with Gasteiger partial charge in [0.25, 0.3) is 0 Å². The topological polar surface area (TPSA) is 91.7 Å². The molecule has 0 bridgehead atoms. The van der Waals surface area contributed by atoms with Crippen LogP contribution >= 0.6 is 15.9 Å². The normalized spacial score (nSPS) is 11.4. The monoisotopic (exact) mass is 585 g/mol. The molecule has 0 saturated carbocycles. The lowest BCUT2D eigenvalue weighted by Gasteiger charge is -2.19. The number of benzene rings is 2. The SMILES string of the molecule is CCOC(=O)c1c(-c2ccc(OCc3ccc(C(C)C)cc3)cc2)c(Br)nn1CCNC(=O)OC(C)(C)C. The molecule has 8 nitrogen and oxygen atoms in total. The molecule has 0 fully saturated rings. The average molecular weight is 587 g/mol. The number of rotatable bonds is 10. The Morgan fingerprint density at radius 1 is 1.05 bits per heavy atom. The zero-order chi connectivity index (χ0) is 27.9. The zero-order valence-electron chi connectivity index (χ0n) is 22.8. The van der Waals surface area contributed by atoms with Gasteiger partial charge in [-0.2, -0.15) is 5.10 Å². The van der Waals surface area contributed by atoms with Crippen LogP contribution in [0.5, 0.6) is 5.75 Å². The van der Waals surface area contributed by atoms with E-state index in [9.17, 15) is 9.59 Å². The fourth-order valence-corrected chi connectivity index (χ4v) is 4.33. The number of ether oxygens (including phenoxy) is 3. The number of hydrogen-bond acceptors (Lipinski definition) is 6. The van der Waals surface area contributed by atoms with Gasteiger partial charge in [-0.05, 0) is 78.4 Å². The average Bonchev–Trinajstić information content (AvgIpc) is 3.18. The predicted octanol–water partition coefficient (Wildman–Crippen LogP) is 6.72. The maximum absolute atomic E-state index is 12.9. The second kappa shape index (κ2) is 13.0. The molecule has 1 amide bonds. The Morgan fingerprint density at radius 2 is 1.71 bits per heavy atom. The highest BCUT2D eigenvalue weighted by Crippen LogP contribution is 2.33. The molecule has 0 unspecified atom stereocenters. The lowest BCUT2D eigenvalue weighted by Crippen LogP contribution is -2.34. The maximum atomic E-state index is 12.9. The third kappa shape index (κ3) is 8.08. The van der Waals surface area contributed by atoms with Crippen molar-refractivity contribution >= 4 is 28.0 Å². The van der Waals surface area contributed by atoms with Gasteiger partial charge >= 0.3 is 12.1 Å². The van der Waals surface area contributed by atoms with Gasteiger partial charge in [0.05, 0.1) is 13.2 Å². The molecular formula is C29H36BrN3O5. The van der Waals surface area contributed by atoms with Crippen LogP contribution in [-0.4, -0.2) is 40.6 Å². The Kier molecular flexibility index (Phi) is 9.96. The summed E-state index contributed by atoms with van der Waals surface area (Å²) in [5, 5.41) is 7.18. The van der Waals surface area contributed by atoms with Crippen molar-refractivity contribution in [3.63, 3.8) is 0 Å². The number of nitrogens with one attached hydrogen (secondary N) is 1. The maximum Gasteiger partial charge on any atom is 0.407 e. The van der Waals surface area contributed by atoms with Crippen LogP contribution in [0.4, 0.5) is 4.79 Å². The fourth-order valence-electron chi connectivity index (χ4n) is 3.72. The number of amides is 1. The number of carbonyl (C=O) groups excluding carboxylic acids is 2. The molecule has 2 aromatic carbocycles. The van der Waals surface area contributed by atoms with Gasteiger partial charge in [-0.25, -0.2) is 9.59 Å². The number of halogens is 1. The first-order valence-corrected chi connectivity index (χ1v) is 13.5. The number of aromatic nitrogens is 2. The van der Waals surface area contributed by atoms with Crippen molar-refractivity contribution in [3.8, 4) is 16.9 Å². The van der Waals surface area contributed by atoms with Gasteiger partial charge in [-0.3, -0.25) is 4.68 Å². The molecule has 1 aromatic heterocycles. The number of esters is 1. The van der Waals surface area contributed by atoms with Crippen molar-refractivity contribution in [1.82, 2.24) is 15.1 Å². The molecule has 204 valence electrons. The lowest BCUT2D eigenvalue weighted by molar-refractivity contribution is 0.0513. The van der Waals surface area contributed by atoms with E-state index >= 15 is 0 Å². The molecule has 3 aromatic rings. The highest BCUT2D eigenvalue weighted by Gasteiger charge is 2.25. The van der Waals surface area contributed by atoms with E-state index < -0.39 is 17.7 Å². The smallest absolute Gasteiger partial charge is 0.407 e. The molecular weight excluding hydrogens is 550 g/mol. The number of hydrogen-bond donors (Lipinski definition) is 1. The van der Waals surface area contributed by atoms with Crippen molar-refractivity contribution in [1.29, 1.82) is 0 Å². The third-order valence-corrected chi connectivity index (χ3v) is 6.12. The van der Waals surface area contributed by atoms with Gasteiger partial charge in [0.15, 0.2) is 5.69 Å². The van der Waals surface area contributed by atoms with Crippen LogP contribution in [0.1, 0.15) is 69.1 Å². The van der Waals surface area contributed by atoms with Gasteiger partial charge in [-0.15, -0.1) is 0 Å². The van der Waals surface area contributed by atoms with Gasteiger partial charge in [-0.1, -0.05) is 50.2 Å². The van der Waals surface area contributed by atoms with E-state index in [2.05, 4.69) is 64.5 Å². The van der Waals surface area contributed by atoms with Gasteiger partial charge < -0.3 is 19.5 Å². The van der Waals surface area contributed by atoms with Crippen LogP contribution in [0.25, 0.3) is 11.1 Å². The van der Waals surface area contributed by atoms with E-state index in [1.165, 1.54) is 10.2 Å². The first-order chi connectivity index (χ1) is 18.0. The first-order valence-electron chi connectivity index (χ1n) is 12.7. The molecule has 3 rings (SSSR count). The van der Waals surface area contributed by atoms with E-state index in [1.807, 2.05) is 24.3 Å². The van der Waals surface area contributed by atoms with Crippen molar-refractivity contribution in [3.05, 3.63) is 70.0 Å². The molecule has 38 heavy (non-hydrogen) atoms. The Bertz CT molecular complexity index is 1230. The molecule has 0 aliphatic carbocycles. The Morgan fingerprint density at radius 3 is 2.29 bits per heavy atom. The van der Waals surface area contributed by atoms with E-state index in [1.54, 1.807) is 27.7 Å². The minimum Gasteiger partial charge on any atom is -0.489 e. The van der Waals surface area contributed by atoms with Crippen LogP contribution in [0, 0.1) is 0 Å². The summed E-state index contributed by atoms with van der Waals surface area (Å²) >= 11 is 3.50. The second-order valence-corrected chi connectivity index (χ2v) is 10.8. The summed E-state index contributed by atoms with van der Waals surface area (Å²) in [6.45, 7) is 12.6. The van der Waals surface area contributed by atoms with Gasteiger partial charge in [0.2, 0.25) is 0 Å². The van der Waals surface area contributed by atoms with E-state index in [4.69, 9.17) is 14.2 Å². The standard InChI is InChI=1S/C29H36BrN3O5/c1-7-36-27(34)25-24(26(30)32-33(25)17-16-31-28(35)38-29(4,5)6)22-12-14-23(15-13-22)37-18-20-8-10-21(11-9-20)19(2)3/h8-15,19H,7,16-18H2,1-6H3,(H,31,35). The van der Waals surface area contributed by atoms with Gasteiger partial charge in [0, 0.05) is 12.1 Å². The third-order valence-electron chi connectivity index (χ3n) is 5.57. The van der Waals surface area contributed by atoms with E-state index in [-0.39, 0.29) is 19.7 Å². The highest BCUT2D eigenvalue weighted by molar-refractivity contribution is 9.10. The lowest BCUT2D eigenvalue weighted by atomic mass is 10.0. The summed E-state index contributed by atoms with van der Waals surface area (Å²) in [5.41, 5.74) is 3.46. The predicted molar refractivity (Wildman–Crippen MR) is 150 cm³/mol. The summed E-state index contributed by atoms with van der Waals surface area (Å²) in [5.74, 6) is 0.703. The Hall–Kier alpha value is -3.33. The van der Waals surface area contributed by atoms with Crippen LogP contribution in [0.2, 0.25) is 0 Å². The summed E-state index contributed by atoms with van der Waals surface area (Å²) < 4.78 is 18.6. The Balaban J connectivity index is 1.74. The quantitative estimate of drug-likeness (QED) is 0.266. The molecule has 1 N–H and O–H groups in total. The van der Waals surface area contributed by atoms with Crippen LogP contribution in [-0.2, 0) is 22.6 Å². The summed E-state index contributed by atoms with van der Waals surface area (Å²) in [6, 6.07) is 15.9. The first kappa shape index (κ1) is 29.2. The Labute approximate surface area is 232 Å². The van der Waals surface area contributed by atoms with Crippen LogP contribution in [0.15, 0.2) is 53.1 Å². The fraction of sp³-hybridized carbons (Fsp3) is 0.414. The van der Waals surface area contributed by atoms with E-state index in [0.717, 1.165) is 11.1 Å². The van der Waals surface area contributed by atoms with E-state index in [0.29, 0.717) is 34.1 Å². The molecule has 0 aliphatic rings. The molecule has 9 heteroatoms. The molecule has 0 spiro atoms.